The summed E-state index contributed by atoms with van der Waals surface area (Å²) in [6.07, 6.45) is 2.73. The number of carbonyl (C=O) groups excluding carboxylic acids is 3. The number of nitrogens with one attached hydrogen (secondary N) is 1. The Labute approximate surface area is 221 Å². The molecule has 0 aliphatic carbocycles. The molecule has 2 aromatic carbocycles. The minimum atomic E-state index is -0.956. The van der Waals surface area contributed by atoms with Crippen LogP contribution in [0.2, 0.25) is 5.02 Å². The van der Waals surface area contributed by atoms with E-state index in [4.69, 9.17) is 21.1 Å². The molecule has 0 saturated carbocycles. The Morgan fingerprint density at radius 3 is 2.46 bits per heavy atom. The van der Waals surface area contributed by atoms with Crippen LogP contribution in [0.4, 0.5) is 0 Å². The van der Waals surface area contributed by atoms with Gasteiger partial charge in [-0.15, -0.1) is 0 Å². The van der Waals surface area contributed by atoms with Crippen LogP contribution in [0.5, 0.6) is 0 Å². The second-order valence-electron chi connectivity index (χ2n) is 9.94. The number of ether oxygens (including phenoxy) is 2. The maximum atomic E-state index is 13.9. The number of aryl methyl sites for hydroxylation is 1. The lowest BCUT2D eigenvalue weighted by molar-refractivity contribution is -0.128. The number of hydrogen-bond donors (Lipinski definition) is 1. The molecular weight excluding hydrogens is 494 g/mol. The van der Waals surface area contributed by atoms with Crippen molar-refractivity contribution >= 4 is 29.3 Å². The minimum Gasteiger partial charge on any atom is -0.376 e. The first kappa shape index (κ1) is 25.7. The standard InChI is InChI=1S/C28H32ClN3O5/c1-19-5-2-3-7-23(19)27(35)32-24(25(33)30-17-22-6-4-16-36-22)18-37-28(32)12-14-31(15-13-28)26(34)20-8-10-21(29)11-9-20/h2-3,5,7-11,22,24H,4,6,12-18H2,1H3,(H,30,33)/t22-,24+/m1/s1. The molecule has 3 aliphatic heterocycles. The zero-order valence-electron chi connectivity index (χ0n) is 21.0. The Morgan fingerprint density at radius 2 is 1.78 bits per heavy atom. The molecule has 9 heteroatoms. The summed E-state index contributed by atoms with van der Waals surface area (Å²) in [6, 6.07) is 13.4. The van der Waals surface area contributed by atoms with Gasteiger partial charge in [0.25, 0.3) is 11.8 Å². The van der Waals surface area contributed by atoms with Gasteiger partial charge in [0.2, 0.25) is 5.91 Å². The van der Waals surface area contributed by atoms with Crippen molar-refractivity contribution in [3.8, 4) is 0 Å². The van der Waals surface area contributed by atoms with Crippen molar-refractivity contribution in [2.75, 3.05) is 32.8 Å². The second kappa shape index (κ2) is 10.8. The molecular formula is C28H32ClN3O5. The zero-order chi connectivity index (χ0) is 26.0. The third-order valence-corrected chi connectivity index (χ3v) is 7.86. The fourth-order valence-corrected chi connectivity index (χ4v) is 5.61. The van der Waals surface area contributed by atoms with Crippen LogP contribution in [0.3, 0.4) is 0 Å². The smallest absolute Gasteiger partial charge is 0.257 e. The normalized spacial score (nSPS) is 22.9. The Kier molecular flexibility index (Phi) is 7.51. The minimum absolute atomic E-state index is 0.00266. The monoisotopic (exact) mass is 525 g/mol. The van der Waals surface area contributed by atoms with Gasteiger partial charge >= 0.3 is 0 Å². The lowest BCUT2D eigenvalue weighted by Gasteiger charge is -2.44. The van der Waals surface area contributed by atoms with E-state index in [0.717, 1.165) is 18.4 Å². The molecule has 8 nitrogen and oxygen atoms in total. The third kappa shape index (κ3) is 5.23. The molecule has 1 N–H and O–H groups in total. The average molecular weight is 526 g/mol. The van der Waals surface area contributed by atoms with Crippen LogP contribution in [-0.2, 0) is 14.3 Å². The van der Waals surface area contributed by atoms with Gasteiger partial charge in [0.05, 0.1) is 12.7 Å². The number of rotatable bonds is 5. The molecule has 3 aliphatic rings. The lowest BCUT2D eigenvalue weighted by atomic mass is 9.95. The van der Waals surface area contributed by atoms with Crippen molar-refractivity contribution in [2.45, 2.75) is 50.5 Å². The van der Waals surface area contributed by atoms with E-state index in [2.05, 4.69) is 5.32 Å². The summed E-state index contributed by atoms with van der Waals surface area (Å²) in [5, 5.41) is 3.55. The fourth-order valence-electron chi connectivity index (χ4n) is 5.48. The average Bonchev–Trinajstić information content (AvgIpc) is 3.56. The Hall–Kier alpha value is -2.94. The van der Waals surface area contributed by atoms with Crippen LogP contribution in [0.25, 0.3) is 0 Å². The van der Waals surface area contributed by atoms with Gasteiger partial charge in [-0.05, 0) is 55.7 Å². The first-order valence-electron chi connectivity index (χ1n) is 12.9. The molecule has 37 heavy (non-hydrogen) atoms. The van der Waals surface area contributed by atoms with E-state index in [1.54, 1.807) is 40.1 Å². The number of benzene rings is 2. The number of amides is 3. The summed E-state index contributed by atoms with van der Waals surface area (Å²) in [4.78, 5) is 43.7. The van der Waals surface area contributed by atoms with Crippen LogP contribution >= 0.6 is 11.6 Å². The molecule has 0 aromatic heterocycles. The maximum Gasteiger partial charge on any atom is 0.257 e. The number of piperidine rings is 1. The number of likely N-dealkylation sites (tertiary alicyclic amines) is 1. The predicted molar refractivity (Wildman–Crippen MR) is 138 cm³/mol. The van der Waals surface area contributed by atoms with Gasteiger partial charge in [-0.1, -0.05) is 29.8 Å². The maximum absolute atomic E-state index is 13.9. The summed E-state index contributed by atoms with van der Waals surface area (Å²) in [7, 11) is 0. The van der Waals surface area contributed by atoms with E-state index in [0.29, 0.717) is 55.2 Å². The molecule has 0 bridgehead atoms. The van der Waals surface area contributed by atoms with E-state index >= 15 is 0 Å². The van der Waals surface area contributed by atoms with E-state index < -0.39 is 11.8 Å². The number of hydrogen-bond acceptors (Lipinski definition) is 5. The van der Waals surface area contributed by atoms with Crippen LogP contribution in [0.15, 0.2) is 48.5 Å². The van der Waals surface area contributed by atoms with Crippen molar-refractivity contribution in [3.05, 3.63) is 70.2 Å². The van der Waals surface area contributed by atoms with Crippen LogP contribution in [0.1, 0.15) is 52.0 Å². The molecule has 3 amide bonds. The van der Waals surface area contributed by atoms with Gasteiger partial charge in [-0.3, -0.25) is 19.3 Å². The molecule has 196 valence electrons. The fraction of sp³-hybridized carbons (Fsp3) is 0.464. The Morgan fingerprint density at radius 1 is 1.05 bits per heavy atom. The molecule has 5 rings (SSSR count). The molecule has 3 fully saturated rings. The van der Waals surface area contributed by atoms with E-state index in [1.165, 1.54) is 0 Å². The van der Waals surface area contributed by atoms with Crippen molar-refractivity contribution in [1.29, 1.82) is 0 Å². The van der Waals surface area contributed by atoms with E-state index in [1.807, 2.05) is 25.1 Å². The second-order valence-corrected chi connectivity index (χ2v) is 10.4. The molecule has 2 atom stereocenters. The van der Waals surface area contributed by atoms with Gasteiger partial charge in [0, 0.05) is 55.2 Å². The molecule has 3 heterocycles. The molecule has 0 unspecified atom stereocenters. The van der Waals surface area contributed by atoms with Crippen molar-refractivity contribution < 1.29 is 23.9 Å². The number of nitrogens with zero attached hydrogens (tertiary/aromatic N) is 2. The summed E-state index contributed by atoms with van der Waals surface area (Å²) in [5.74, 6) is -0.563. The third-order valence-electron chi connectivity index (χ3n) is 7.61. The molecule has 0 radical (unpaired) electrons. The van der Waals surface area contributed by atoms with Crippen LogP contribution in [-0.4, -0.2) is 78.2 Å². The summed E-state index contributed by atoms with van der Waals surface area (Å²) >= 11 is 5.97. The molecule has 3 saturated heterocycles. The number of carbonyl (C=O) groups is 3. The molecule has 2 aromatic rings. The van der Waals surface area contributed by atoms with Crippen molar-refractivity contribution in [1.82, 2.24) is 15.1 Å². The van der Waals surface area contributed by atoms with Gasteiger partial charge < -0.3 is 19.7 Å². The quantitative estimate of drug-likeness (QED) is 0.646. The van der Waals surface area contributed by atoms with Crippen LogP contribution in [0, 0.1) is 6.92 Å². The first-order valence-corrected chi connectivity index (χ1v) is 13.2. The van der Waals surface area contributed by atoms with Gasteiger partial charge in [-0.25, -0.2) is 0 Å². The predicted octanol–water partition coefficient (Wildman–Crippen LogP) is 3.42. The Bertz CT molecular complexity index is 1160. The molecule has 1 spiro atoms. The summed E-state index contributed by atoms with van der Waals surface area (Å²) < 4.78 is 11.9. The Balaban J connectivity index is 1.35. The van der Waals surface area contributed by atoms with Crippen LogP contribution < -0.4 is 5.32 Å². The zero-order valence-corrected chi connectivity index (χ0v) is 21.7. The summed E-state index contributed by atoms with van der Waals surface area (Å²) in [6.45, 7) is 3.93. The van der Waals surface area contributed by atoms with Crippen molar-refractivity contribution in [3.63, 3.8) is 0 Å². The van der Waals surface area contributed by atoms with Gasteiger partial charge in [0.15, 0.2) is 0 Å². The highest BCUT2D eigenvalue weighted by Crippen LogP contribution is 2.39. The highest BCUT2D eigenvalue weighted by molar-refractivity contribution is 6.30. The lowest BCUT2D eigenvalue weighted by Crippen LogP contribution is -2.60. The number of halogens is 1. The van der Waals surface area contributed by atoms with Crippen molar-refractivity contribution in [2.24, 2.45) is 0 Å². The highest BCUT2D eigenvalue weighted by atomic mass is 35.5. The first-order chi connectivity index (χ1) is 17.9. The summed E-state index contributed by atoms with van der Waals surface area (Å²) in [5.41, 5.74) is 0.987. The van der Waals surface area contributed by atoms with E-state index in [9.17, 15) is 14.4 Å². The van der Waals surface area contributed by atoms with E-state index in [-0.39, 0.29) is 30.4 Å². The topological polar surface area (TPSA) is 88.2 Å². The van der Waals surface area contributed by atoms with Gasteiger partial charge in [0.1, 0.15) is 11.8 Å². The SMILES string of the molecule is Cc1ccccc1C(=O)N1[C@H](C(=O)NC[C@H]2CCCO2)COC12CCN(C(=O)c1ccc(Cl)cc1)CC2. The largest absolute Gasteiger partial charge is 0.376 e. The van der Waals surface area contributed by atoms with Gasteiger partial charge in [-0.2, -0.15) is 0 Å². The highest BCUT2D eigenvalue weighted by Gasteiger charge is 2.54.